The van der Waals surface area contributed by atoms with Crippen LogP contribution in [0.25, 0.3) is 0 Å². The van der Waals surface area contributed by atoms with Gasteiger partial charge in [0.05, 0.1) is 4.90 Å². The van der Waals surface area contributed by atoms with Crippen LogP contribution in [0.2, 0.25) is 0 Å². The van der Waals surface area contributed by atoms with E-state index in [2.05, 4.69) is 36.5 Å². The molecular formula is C23H30N2O3S2. The third-order valence-corrected chi connectivity index (χ3v) is 8.24. The second-order valence-corrected chi connectivity index (χ2v) is 10.6. The Morgan fingerprint density at radius 2 is 1.70 bits per heavy atom. The van der Waals surface area contributed by atoms with Crippen LogP contribution in [0, 0.1) is 12.8 Å². The van der Waals surface area contributed by atoms with E-state index in [9.17, 15) is 13.2 Å². The number of nitrogens with one attached hydrogen (secondary N) is 1. The van der Waals surface area contributed by atoms with Crippen molar-refractivity contribution in [1.82, 2.24) is 9.62 Å². The van der Waals surface area contributed by atoms with Gasteiger partial charge in [-0.25, -0.2) is 8.42 Å². The Morgan fingerprint density at radius 1 is 1.07 bits per heavy atom. The number of carbonyl (C=O) groups is 1. The SMILES string of the molecule is CSc1ccc(S(=O)(=O)N2CCC(C(=O)NCCCc3ccc(C)cc3)CC2)cc1. The molecule has 30 heavy (non-hydrogen) atoms. The first kappa shape index (κ1) is 22.8. The zero-order chi connectivity index (χ0) is 21.6. The van der Waals surface area contributed by atoms with Crippen molar-refractivity contribution in [3.05, 3.63) is 59.7 Å². The summed E-state index contributed by atoms with van der Waals surface area (Å²) in [6.07, 6.45) is 4.92. The molecule has 1 fully saturated rings. The highest BCUT2D eigenvalue weighted by Gasteiger charge is 2.31. The molecule has 2 aromatic rings. The normalized spacial score (nSPS) is 15.8. The minimum atomic E-state index is -3.50. The number of carbonyl (C=O) groups excluding carboxylic acids is 1. The van der Waals surface area contributed by atoms with Gasteiger partial charge >= 0.3 is 0 Å². The van der Waals surface area contributed by atoms with Crippen LogP contribution in [0.3, 0.4) is 0 Å². The lowest BCUT2D eigenvalue weighted by molar-refractivity contribution is -0.126. The van der Waals surface area contributed by atoms with E-state index in [1.54, 1.807) is 23.9 Å². The largest absolute Gasteiger partial charge is 0.356 e. The Balaban J connectivity index is 1.43. The van der Waals surface area contributed by atoms with Gasteiger partial charge in [-0.2, -0.15) is 4.31 Å². The van der Waals surface area contributed by atoms with Gasteiger partial charge in [-0.15, -0.1) is 11.8 Å². The van der Waals surface area contributed by atoms with Crippen molar-refractivity contribution in [2.45, 2.75) is 42.4 Å². The number of aryl methyl sites for hydroxylation is 2. The molecule has 1 aliphatic rings. The topological polar surface area (TPSA) is 66.5 Å². The Hall–Kier alpha value is -1.83. The summed E-state index contributed by atoms with van der Waals surface area (Å²) < 4.78 is 27.2. The van der Waals surface area contributed by atoms with E-state index in [1.165, 1.54) is 15.4 Å². The highest BCUT2D eigenvalue weighted by molar-refractivity contribution is 7.98. The Morgan fingerprint density at radius 3 is 2.30 bits per heavy atom. The minimum Gasteiger partial charge on any atom is -0.356 e. The second-order valence-electron chi connectivity index (χ2n) is 7.73. The lowest BCUT2D eigenvalue weighted by atomic mass is 9.97. The molecule has 0 unspecified atom stereocenters. The van der Waals surface area contributed by atoms with E-state index < -0.39 is 10.0 Å². The van der Waals surface area contributed by atoms with E-state index in [0.29, 0.717) is 37.4 Å². The summed E-state index contributed by atoms with van der Waals surface area (Å²) in [5.41, 5.74) is 2.52. The number of rotatable bonds is 8. The molecular weight excluding hydrogens is 416 g/mol. The van der Waals surface area contributed by atoms with Gasteiger partial charge in [-0.05, 0) is 68.7 Å². The number of piperidine rings is 1. The van der Waals surface area contributed by atoms with Crippen LogP contribution in [0.4, 0.5) is 0 Å². The summed E-state index contributed by atoms with van der Waals surface area (Å²) in [6, 6.07) is 15.4. The van der Waals surface area contributed by atoms with Crippen LogP contribution in [0.1, 0.15) is 30.4 Å². The highest BCUT2D eigenvalue weighted by Crippen LogP contribution is 2.25. The average molecular weight is 447 g/mol. The molecule has 1 saturated heterocycles. The molecule has 0 aromatic heterocycles. The number of hydrogen-bond acceptors (Lipinski definition) is 4. The molecule has 7 heteroatoms. The lowest BCUT2D eigenvalue weighted by Crippen LogP contribution is -2.43. The molecule has 1 amide bonds. The summed E-state index contributed by atoms with van der Waals surface area (Å²) in [4.78, 5) is 13.8. The summed E-state index contributed by atoms with van der Waals surface area (Å²) in [5, 5.41) is 3.02. The first-order chi connectivity index (χ1) is 14.4. The predicted molar refractivity (Wildman–Crippen MR) is 122 cm³/mol. The molecule has 0 radical (unpaired) electrons. The quantitative estimate of drug-likeness (QED) is 0.494. The fourth-order valence-corrected chi connectivity index (χ4v) is 5.54. The number of nitrogens with zero attached hydrogens (tertiary/aromatic N) is 1. The van der Waals surface area contributed by atoms with E-state index >= 15 is 0 Å². The number of hydrogen-bond donors (Lipinski definition) is 1. The van der Waals surface area contributed by atoms with Gasteiger partial charge in [0.2, 0.25) is 15.9 Å². The summed E-state index contributed by atoms with van der Waals surface area (Å²) in [5.74, 6) is -0.0741. The van der Waals surface area contributed by atoms with Crippen LogP contribution < -0.4 is 5.32 Å². The number of thioether (sulfide) groups is 1. The van der Waals surface area contributed by atoms with Gasteiger partial charge in [-0.1, -0.05) is 29.8 Å². The van der Waals surface area contributed by atoms with Crippen molar-refractivity contribution in [1.29, 1.82) is 0 Å². The van der Waals surface area contributed by atoms with Crippen molar-refractivity contribution in [2.75, 3.05) is 25.9 Å². The monoisotopic (exact) mass is 446 g/mol. The molecule has 1 heterocycles. The molecule has 1 N–H and O–H groups in total. The molecule has 0 bridgehead atoms. The van der Waals surface area contributed by atoms with E-state index in [1.807, 2.05) is 18.4 Å². The predicted octanol–water partition coefficient (Wildman–Crippen LogP) is 3.87. The Bertz CT molecular complexity index is 933. The number of benzene rings is 2. The first-order valence-electron chi connectivity index (χ1n) is 10.4. The Kier molecular flexibility index (Phi) is 7.97. The zero-order valence-corrected chi connectivity index (χ0v) is 19.3. The van der Waals surface area contributed by atoms with Gasteiger partial charge in [-0.3, -0.25) is 4.79 Å². The molecule has 2 aromatic carbocycles. The zero-order valence-electron chi connectivity index (χ0n) is 17.6. The Labute approximate surface area is 184 Å². The van der Waals surface area contributed by atoms with Crippen molar-refractivity contribution in [3.63, 3.8) is 0 Å². The third-order valence-electron chi connectivity index (χ3n) is 5.58. The van der Waals surface area contributed by atoms with Crippen LogP contribution in [-0.2, 0) is 21.2 Å². The molecule has 0 saturated carbocycles. The summed E-state index contributed by atoms with van der Waals surface area (Å²) in [7, 11) is -3.50. The molecule has 1 aliphatic heterocycles. The molecule has 5 nitrogen and oxygen atoms in total. The van der Waals surface area contributed by atoms with Crippen molar-refractivity contribution >= 4 is 27.7 Å². The van der Waals surface area contributed by atoms with Crippen molar-refractivity contribution in [2.24, 2.45) is 5.92 Å². The summed E-state index contributed by atoms with van der Waals surface area (Å²) in [6.45, 7) is 3.48. The minimum absolute atomic E-state index is 0.0419. The fourth-order valence-electron chi connectivity index (χ4n) is 3.66. The van der Waals surface area contributed by atoms with E-state index in [0.717, 1.165) is 17.7 Å². The number of sulfonamides is 1. The number of amides is 1. The van der Waals surface area contributed by atoms with Gasteiger partial charge in [0, 0.05) is 30.4 Å². The molecule has 162 valence electrons. The maximum Gasteiger partial charge on any atom is 0.243 e. The van der Waals surface area contributed by atoms with Crippen LogP contribution in [0.15, 0.2) is 58.3 Å². The standard InChI is InChI=1S/C23H30N2O3S2/c1-18-5-7-19(8-6-18)4-3-15-24-23(26)20-13-16-25(17-14-20)30(27,28)22-11-9-21(29-2)10-12-22/h5-12,20H,3-4,13-17H2,1-2H3,(H,24,26). The first-order valence-corrected chi connectivity index (χ1v) is 13.0. The highest BCUT2D eigenvalue weighted by atomic mass is 32.2. The van der Waals surface area contributed by atoms with E-state index in [-0.39, 0.29) is 11.8 Å². The summed E-state index contributed by atoms with van der Waals surface area (Å²) >= 11 is 1.58. The van der Waals surface area contributed by atoms with Gasteiger partial charge in [0.1, 0.15) is 0 Å². The fraction of sp³-hybridized carbons (Fsp3) is 0.435. The maximum atomic E-state index is 12.8. The van der Waals surface area contributed by atoms with E-state index in [4.69, 9.17) is 0 Å². The average Bonchev–Trinajstić information content (AvgIpc) is 2.78. The second kappa shape index (κ2) is 10.5. The van der Waals surface area contributed by atoms with Crippen LogP contribution in [-0.4, -0.2) is 44.5 Å². The van der Waals surface area contributed by atoms with Crippen molar-refractivity contribution < 1.29 is 13.2 Å². The van der Waals surface area contributed by atoms with Crippen LogP contribution >= 0.6 is 11.8 Å². The molecule has 0 spiro atoms. The molecule has 0 atom stereocenters. The van der Waals surface area contributed by atoms with Gasteiger partial charge in [0.25, 0.3) is 0 Å². The molecule has 0 aliphatic carbocycles. The van der Waals surface area contributed by atoms with Crippen molar-refractivity contribution in [3.8, 4) is 0 Å². The van der Waals surface area contributed by atoms with Crippen LogP contribution in [0.5, 0.6) is 0 Å². The maximum absolute atomic E-state index is 12.8. The van der Waals surface area contributed by atoms with Gasteiger partial charge < -0.3 is 5.32 Å². The lowest BCUT2D eigenvalue weighted by Gasteiger charge is -2.30. The third kappa shape index (κ3) is 5.86. The smallest absolute Gasteiger partial charge is 0.243 e. The molecule has 3 rings (SSSR count). The van der Waals surface area contributed by atoms with Gasteiger partial charge in [0.15, 0.2) is 0 Å².